The van der Waals surface area contributed by atoms with Crippen LogP contribution in [0.2, 0.25) is 5.02 Å². The third kappa shape index (κ3) is 2.83. The van der Waals surface area contributed by atoms with Crippen molar-refractivity contribution >= 4 is 17.4 Å². The molecule has 5 heteroatoms. The van der Waals surface area contributed by atoms with Gasteiger partial charge in [0.1, 0.15) is 5.78 Å². The van der Waals surface area contributed by atoms with Crippen LogP contribution in [-0.4, -0.2) is 22.1 Å². The van der Waals surface area contributed by atoms with Crippen LogP contribution in [0.25, 0.3) is 0 Å². The molecule has 1 heterocycles. The van der Waals surface area contributed by atoms with E-state index in [-0.39, 0.29) is 5.78 Å². The molecule has 1 aromatic rings. The van der Waals surface area contributed by atoms with Crippen LogP contribution >= 0.6 is 11.6 Å². The van der Waals surface area contributed by atoms with Crippen molar-refractivity contribution in [3.63, 3.8) is 0 Å². The fourth-order valence-corrected chi connectivity index (χ4v) is 1.96. The van der Waals surface area contributed by atoms with E-state index in [0.717, 1.165) is 24.4 Å². The lowest BCUT2D eigenvalue weighted by molar-refractivity contribution is -0.118. The molecule has 0 fully saturated rings. The van der Waals surface area contributed by atoms with Crippen molar-refractivity contribution in [1.29, 1.82) is 0 Å². The van der Waals surface area contributed by atoms with Gasteiger partial charge >= 0.3 is 0 Å². The number of carbonyl (C=O) groups excluding carboxylic acids is 1. The Morgan fingerprint density at radius 1 is 1.50 bits per heavy atom. The molecule has 1 aromatic heterocycles. The molecule has 0 atom stereocenters. The molecule has 90 valence electrons. The minimum Gasteiger partial charge on any atom is -0.330 e. The molecule has 0 aliphatic rings. The lowest BCUT2D eigenvalue weighted by atomic mass is 10.1. The molecular weight excluding hydrogens is 226 g/mol. The Morgan fingerprint density at radius 3 is 2.69 bits per heavy atom. The summed E-state index contributed by atoms with van der Waals surface area (Å²) in [6, 6.07) is 0. The van der Waals surface area contributed by atoms with E-state index in [1.54, 1.807) is 4.68 Å². The molecular formula is C11H18ClN3O. The average Bonchev–Trinajstić information content (AvgIpc) is 2.56. The molecule has 2 N–H and O–H groups in total. The minimum absolute atomic E-state index is 0.113. The number of carbonyl (C=O) groups is 1. The second-order valence-corrected chi connectivity index (χ2v) is 4.01. The molecule has 4 nitrogen and oxygen atoms in total. The largest absolute Gasteiger partial charge is 0.330 e. The van der Waals surface area contributed by atoms with Gasteiger partial charge < -0.3 is 5.73 Å². The molecule has 16 heavy (non-hydrogen) atoms. The van der Waals surface area contributed by atoms with Crippen molar-refractivity contribution < 1.29 is 4.79 Å². The zero-order valence-electron chi connectivity index (χ0n) is 9.79. The number of hydrogen-bond donors (Lipinski definition) is 1. The van der Waals surface area contributed by atoms with Crippen molar-refractivity contribution in [2.24, 2.45) is 5.73 Å². The molecule has 0 bridgehead atoms. The summed E-state index contributed by atoms with van der Waals surface area (Å²) >= 11 is 6.19. The topological polar surface area (TPSA) is 60.9 Å². The lowest BCUT2D eigenvalue weighted by Crippen LogP contribution is -2.13. The highest BCUT2D eigenvalue weighted by molar-refractivity contribution is 6.32. The molecule has 0 saturated heterocycles. The van der Waals surface area contributed by atoms with Crippen LogP contribution in [0.1, 0.15) is 31.7 Å². The van der Waals surface area contributed by atoms with Crippen LogP contribution in [0.3, 0.4) is 0 Å². The first-order valence-corrected chi connectivity index (χ1v) is 5.97. The maximum atomic E-state index is 11.6. The van der Waals surface area contributed by atoms with Gasteiger partial charge in [-0.25, -0.2) is 0 Å². The van der Waals surface area contributed by atoms with Crippen LogP contribution < -0.4 is 5.73 Å². The summed E-state index contributed by atoms with van der Waals surface area (Å²) in [4.78, 5) is 11.6. The summed E-state index contributed by atoms with van der Waals surface area (Å²) in [7, 11) is 0. The Bertz CT molecular complexity index is 374. The Kier molecular flexibility index (Phi) is 4.96. The fraction of sp³-hybridized carbons (Fsp3) is 0.636. The van der Waals surface area contributed by atoms with Crippen molar-refractivity contribution in [2.45, 2.75) is 39.7 Å². The maximum Gasteiger partial charge on any atom is 0.140 e. The molecule has 0 amide bonds. The predicted molar refractivity (Wildman–Crippen MR) is 64.7 cm³/mol. The molecule has 0 saturated carbocycles. The zero-order valence-corrected chi connectivity index (χ0v) is 10.5. The van der Waals surface area contributed by atoms with Crippen LogP contribution in [0.15, 0.2) is 0 Å². The van der Waals surface area contributed by atoms with E-state index < -0.39 is 0 Å². The first-order chi connectivity index (χ1) is 7.63. The summed E-state index contributed by atoms with van der Waals surface area (Å²) in [5.74, 6) is 0.113. The summed E-state index contributed by atoms with van der Waals surface area (Å²) < 4.78 is 1.80. The number of hydrogen-bond acceptors (Lipinski definition) is 3. The van der Waals surface area contributed by atoms with Gasteiger partial charge in [-0.15, -0.1) is 0 Å². The van der Waals surface area contributed by atoms with Crippen LogP contribution in [-0.2, 0) is 24.2 Å². The molecule has 0 radical (unpaired) electrons. The highest BCUT2D eigenvalue weighted by Gasteiger charge is 2.16. The van der Waals surface area contributed by atoms with Gasteiger partial charge in [-0.05, 0) is 19.9 Å². The second kappa shape index (κ2) is 6.01. The highest BCUT2D eigenvalue weighted by Crippen LogP contribution is 2.22. The minimum atomic E-state index is 0.113. The summed E-state index contributed by atoms with van der Waals surface area (Å²) in [5, 5.41) is 5.00. The number of Topliss-reactive ketones (excluding diaryl/α,β-unsaturated/α-hetero) is 1. The monoisotopic (exact) mass is 243 g/mol. The second-order valence-electron chi connectivity index (χ2n) is 3.63. The quantitative estimate of drug-likeness (QED) is 0.825. The van der Waals surface area contributed by atoms with Gasteiger partial charge in [0, 0.05) is 19.4 Å². The van der Waals surface area contributed by atoms with E-state index in [4.69, 9.17) is 17.3 Å². The Hall–Kier alpha value is -0.870. The summed E-state index contributed by atoms with van der Waals surface area (Å²) in [6.45, 7) is 5.10. The Labute approximate surface area is 101 Å². The number of aromatic nitrogens is 2. The normalized spacial score (nSPS) is 10.8. The number of nitrogens with zero attached hydrogens (tertiary/aromatic N) is 2. The smallest absolute Gasteiger partial charge is 0.140 e. The molecule has 0 aliphatic heterocycles. The third-order valence-corrected chi connectivity index (χ3v) is 2.92. The SMILES string of the molecule is CCc1nn(CC)c(CC(=O)CCN)c1Cl. The number of aryl methyl sites for hydroxylation is 2. The predicted octanol–water partition coefficient (Wildman–Crippen LogP) is 1.58. The average molecular weight is 244 g/mol. The highest BCUT2D eigenvalue weighted by atomic mass is 35.5. The van der Waals surface area contributed by atoms with Crippen molar-refractivity contribution in [1.82, 2.24) is 9.78 Å². The first kappa shape index (κ1) is 13.2. The van der Waals surface area contributed by atoms with Crippen molar-refractivity contribution in [3.05, 3.63) is 16.4 Å². The standard InChI is InChI=1S/C11H18ClN3O/c1-3-9-11(12)10(15(4-2)14-9)7-8(16)5-6-13/h3-7,13H2,1-2H3. The lowest BCUT2D eigenvalue weighted by Gasteiger charge is -2.03. The van der Waals surface area contributed by atoms with E-state index in [2.05, 4.69) is 5.10 Å². The molecule has 0 aliphatic carbocycles. The summed E-state index contributed by atoms with van der Waals surface area (Å²) in [6.07, 6.45) is 1.51. The van der Waals surface area contributed by atoms with Gasteiger partial charge in [0.25, 0.3) is 0 Å². The van der Waals surface area contributed by atoms with Crippen LogP contribution in [0.5, 0.6) is 0 Å². The van der Waals surface area contributed by atoms with Gasteiger partial charge in [-0.1, -0.05) is 18.5 Å². The third-order valence-electron chi connectivity index (χ3n) is 2.48. The van der Waals surface area contributed by atoms with E-state index in [1.807, 2.05) is 13.8 Å². The number of rotatable bonds is 6. The Morgan fingerprint density at radius 2 is 2.19 bits per heavy atom. The maximum absolute atomic E-state index is 11.6. The number of nitrogens with two attached hydrogens (primary N) is 1. The number of halogens is 1. The molecule has 1 rings (SSSR count). The van der Waals surface area contributed by atoms with Gasteiger partial charge in [0.15, 0.2) is 0 Å². The fourth-order valence-electron chi connectivity index (χ4n) is 1.62. The van der Waals surface area contributed by atoms with Gasteiger partial charge in [0.05, 0.1) is 16.4 Å². The van der Waals surface area contributed by atoms with E-state index in [9.17, 15) is 4.79 Å². The van der Waals surface area contributed by atoms with Crippen molar-refractivity contribution in [3.8, 4) is 0 Å². The Balaban J connectivity index is 2.93. The van der Waals surface area contributed by atoms with E-state index in [1.165, 1.54) is 0 Å². The van der Waals surface area contributed by atoms with Gasteiger partial charge in [-0.3, -0.25) is 9.48 Å². The molecule has 0 spiro atoms. The zero-order chi connectivity index (χ0) is 12.1. The van der Waals surface area contributed by atoms with Crippen molar-refractivity contribution in [2.75, 3.05) is 6.54 Å². The van der Waals surface area contributed by atoms with Crippen LogP contribution in [0, 0.1) is 0 Å². The van der Waals surface area contributed by atoms with Gasteiger partial charge in [-0.2, -0.15) is 5.10 Å². The van der Waals surface area contributed by atoms with Gasteiger partial charge in [0.2, 0.25) is 0 Å². The van der Waals surface area contributed by atoms with E-state index >= 15 is 0 Å². The van der Waals surface area contributed by atoms with E-state index in [0.29, 0.717) is 24.4 Å². The first-order valence-electron chi connectivity index (χ1n) is 5.59. The number of ketones is 1. The summed E-state index contributed by atoms with van der Waals surface area (Å²) in [5.41, 5.74) is 7.03. The van der Waals surface area contributed by atoms with Crippen LogP contribution in [0.4, 0.5) is 0 Å². The molecule has 0 aromatic carbocycles. The molecule has 0 unspecified atom stereocenters.